The Balaban J connectivity index is 1.85. The average molecular weight is 336 g/mol. The smallest absolute Gasteiger partial charge is 0.228 e. The molecule has 0 aliphatic rings. The number of hydrogen-bond acceptors (Lipinski definition) is 4. The van der Waals surface area contributed by atoms with Crippen molar-refractivity contribution in [3.8, 4) is 11.5 Å². The number of carbonyl (C=O) groups excluding carboxylic acids is 1. The number of para-hydroxylation sites is 1. The number of carbonyl (C=O) groups is 1. The zero-order chi connectivity index (χ0) is 17.8. The minimum absolute atomic E-state index is 0.137. The SMILES string of the molecule is COc1cc(CC(=O)Nc2cccc3cccnc23)c(OC)cc1C. The predicted molar refractivity (Wildman–Crippen MR) is 98.4 cm³/mol. The number of aryl methyl sites for hydroxylation is 1. The zero-order valence-electron chi connectivity index (χ0n) is 14.5. The zero-order valence-corrected chi connectivity index (χ0v) is 14.5. The summed E-state index contributed by atoms with van der Waals surface area (Å²) in [7, 11) is 3.21. The highest BCUT2D eigenvalue weighted by Gasteiger charge is 2.13. The van der Waals surface area contributed by atoms with Crippen molar-refractivity contribution in [2.24, 2.45) is 0 Å². The van der Waals surface area contributed by atoms with E-state index in [0.29, 0.717) is 11.4 Å². The van der Waals surface area contributed by atoms with Gasteiger partial charge in [-0.3, -0.25) is 9.78 Å². The van der Waals surface area contributed by atoms with Crippen LogP contribution in [0.4, 0.5) is 5.69 Å². The van der Waals surface area contributed by atoms with Crippen LogP contribution in [0.25, 0.3) is 10.9 Å². The second-order valence-electron chi connectivity index (χ2n) is 5.74. The first-order valence-corrected chi connectivity index (χ1v) is 7.97. The Bertz CT molecular complexity index is 917. The van der Waals surface area contributed by atoms with Gasteiger partial charge in [-0.05, 0) is 36.8 Å². The molecule has 3 aromatic rings. The summed E-state index contributed by atoms with van der Waals surface area (Å²) in [4.78, 5) is 16.9. The van der Waals surface area contributed by atoms with Gasteiger partial charge in [-0.15, -0.1) is 0 Å². The van der Waals surface area contributed by atoms with Gasteiger partial charge < -0.3 is 14.8 Å². The van der Waals surface area contributed by atoms with E-state index in [-0.39, 0.29) is 12.3 Å². The van der Waals surface area contributed by atoms with Crippen molar-refractivity contribution in [1.82, 2.24) is 4.98 Å². The first-order chi connectivity index (χ1) is 12.1. The number of hydrogen-bond donors (Lipinski definition) is 1. The third kappa shape index (κ3) is 3.55. The minimum Gasteiger partial charge on any atom is -0.496 e. The normalized spacial score (nSPS) is 10.5. The van der Waals surface area contributed by atoms with Gasteiger partial charge in [-0.25, -0.2) is 0 Å². The lowest BCUT2D eigenvalue weighted by Crippen LogP contribution is -2.15. The number of fused-ring (bicyclic) bond motifs is 1. The van der Waals surface area contributed by atoms with Crippen molar-refractivity contribution in [3.63, 3.8) is 0 Å². The van der Waals surface area contributed by atoms with E-state index < -0.39 is 0 Å². The van der Waals surface area contributed by atoms with E-state index in [2.05, 4.69) is 10.3 Å². The van der Waals surface area contributed by atoms with Crippen molar-refractivity contribution < 1.29 is 14.3 Å². The Labute approximate surface area is 146 Å². The molecule has 5 nitrogen and oxygen atoms in total. The van der Waals surface area contributed by atoms with Crippen LogP contribution in [0.2, 0.25) is 0 Å². The van der Waals surface area contributed by atoms with Crippen LogP contribution in [0.5, 0.6) is 11.5 Å². The molecule has 128 valence electrons. The molecule has 3 rings (SSSR count). The highest BCUT2D eigenvalue weighted by Crippen LogP contribution is 2.29. The summed E-state index contributed by atoms with van der Waals surface area (Å²) in [5, 5.41) is 3.92. The van der Waals surface area contributed by atoms with E-state index in [4.69, 9.17) is 9.47 Å². The standard InChI is InChI=1S/C20H20N2O3/c1-13-10-18(25-3)15(11-17(13)24-2)12-19(23)22-16-8-4-6-14-7-5-9-21-20(14)16/h4-11H,12H2,1-3H3,(H,22,23). The monoisotopic (exact) mass is 336 g/mol. The fraction of sp³-hybridized carbons (Fsp3) is 0.200. The summed E-state index contributed by atoms with van der Waals surface area (Å²) in [6.45, 7) is 1.94. The van der Waals surface area contributed by atoms with Crippen LogP contribution in [-0.4, -0.2) is 25.1 Å². The van der Waals surface area contributed by atoms with Crippen LogP contribution in [0, 0.1) is 6.92 Å². The van der Waals surface area contributed by atoms with Gasteiger partial charge in [-0.2, -0.15) is 0 Å². The maximum atomic E-state index is 12.5. The minimum atomic E-state index is -0.137. The first-order valence-electron chi connectivity index (χ1n) is 7.97. The Kier molecular flexibility index (Phi) is 4.84. The molecule has 0 aliphatic carbocycles. The van der Waals surface area contributed by atoms with Gasteiger partial charge in [0.1, 0.15) is 11.5 Å². The van der Waals surface area contributed by atoms with Crippen LogP contribution in [0.15, 0.2) is 48.7 Å². The van der Waals surface area contributed by atoms with E-state index in [9.17, 15) is 4.79 Å². The molecule has 0 unspecified atom stereocenters. The number of nitrogens with one attached hydrogen (secondary N) is 1. The first kappa shape index (κ1) is 16.8. The largest absolute Gasteiger partial charge is 0.496 e. The number of amides is 1. The van der Waals surface area contributed by atoms with Crippen molar-refractivity contribution in [3.05, 3.63) is 59.8 Å². The Morgan fingerprint density at radius 2 is 1.84 bits per heavy atom. The van der Waals surface area contributed by atoms with Crippen LogP contribution in [0.1, 0.15) is 11.1 Å². The fourth-order valence-electron chi connectivity index (χ4n) is 2.82. The van der Waals surface area contributed by atoms with Crippen molar-refractivity contribution in [2.45, 2.75) is 13.3 Å². The number of rotatable bonds is 5. The Morgan fingerprint density at radius 3 is 2.60 bits per heavy atom. The summed E-state index contributed by atoms with van der Waals surface area (Å²) in [6, 6.07) is 13.3. The van der Waals surface area contributed by atoms with E-state index in [1.165, 1.54) is 0 Å². The molecular formula is C20H20N2O3. The van der Waals surface area contributed by atoms with Gasteiger partial charge in [0.2, 0.25) is 5.91 Å². The van der Waals surface area contributed by atoms with Crippen LogP contribution >= 0.6 is 0 Å². The Hall–Kier alpha value is -3.08. The molecule has 1 heterocycles. The average Bonchev–Trinajstić information content (AvgIpc) is 2.63. The van der Waals surface area contributed by atoms with E-state index in [0.717, 1.165) is 27.8 Å². The van der Waals surface area contributed by atoms with Crippen LogP contribution in [-0.2, 0) is 11.2 Å². The molecule has 0 aliphatic heterocycles. The van der Waals surface area contributed by atoms with Gasteiger partial charge >= 0.3 is 0 Å². The number of benzene rings is 2. The second kappa shape index (κ2) is 7.21. The maximum Gasteiger partial charge on any atom is 0.228 e. The Morgan fingerprint density at radius 1 is 1.08 bits per heavy atom. The molecule has 25 heavy (non-hydrogen) atoms. The van der Waals surface area contributed by atoms with E-state index in [1.807, 2.05) is 49.4 Å². The van der Waals surface area contributed by atoms with Gasteiger partial charge in [0.15, 0.2) is 0 Å². The lowest BCUT2D eigenvalue weighted by molar-refractivity contribution is -0.115. The lowest BCUT2D eigenvalue weighted by atomic mass is 10.1. The van der Waals surface area contributed by atoms with Crippen LogP contribution < -0.4 is 14.8 Å². The molecule has 0 saturated heterocycles. The summed E-state index contributed by atoms with van der Waals surface area (Å²) < 4.78 is 10.7. The molecule has 0 fully saturated rings. The number of anilines is 1. The highest BCUT2D eigenvalue weighted by molar-refractivity contribution is 6.01. The molecule has 1 amide bonds. The van der Waals surface area contributed by atoms with Gasteiger partial charge in [0, 0.05) is 17.1 Å². The third-order valence-corrected chi connectivity index (χ3v) is 4.06. The third-order valence-electron chi connectivity index (χ3n) is 4.06. The molecule has 1 N–H and O–H groups in total. The van der Waals surface area contributed by atoms with Crippen molar-refractivity contribution in [2.75, 3.05) is 19.5 Å². The van der Waals surface area contributed by atoms with E-state index >= 15 is 0 Å². The molecule has 0 spiro atoms. The molecule has 0 saturated carbocycles. The number of nitrogens with zero attached hydrogens (tertiary/aromatic N) is 1. The summed E-state index contributed by atoms with van der Waals surface area (Å²) in [5.74, 6) is 1.27. The van der Waals surface area contributed by atoms with Crippen molar-refractivity contribution >= 4 is 22.5 Å². The predicted octanol–water partition coefficient (Wildman–Crippen LogP) is 3.74. The summed E-state index contributed by atoms with van der Waals surface area (Å²) in [6.07, 6.45) is 1.90. The van der Waals surface area contributed by atoms with Crippen molar-refractivity contribution in [1.29, 1.82) is 0 Å². The van der Waals surface area contributed by atoms with Gasteiger partial charge in [-0.1, -0.05) is 18.2 Å². The highest BCUT2D eigenvalue weighted by atomic mass is 16.5. The summed E-state index contributed by atoms with van der Waals surface area (Å²) >= 11 is 0. The molecule has 0 atom stereocenters. The van der Waals surface area contributed by atoms with Gasteiger partial charge in [0.05, 0.1) is 31.8 Å². The summed E-state index contributed by atoms with van der Waals surface area (Å²) in [5.41, 5.74) is 3.20. The second-order valence-corrected chi connectivity index (χ2v) is 5.74. The van der Waals surface area contributed by atoms with Gasteiger partial charge in [0.25, 0.3) is 0 Å². The maximum absolute atomic E-state index is 12.5. The molecular weight excluding hydrogens is 316 g/mol. The number of pyridine rings is 1. The van der Waals surface area contributed by atoms with E-state index in [1.54, 1.807) is 20.4 Å². The number of ether oxygens (including phenoxy) is 2. The molecule has 0 radical (unpaired) electrons. The molecule has 0 bridgehead atoms. The number of aromatic nitrogens is 1. The molecule has 1 aromatic heterocycles. The molecule has 5 heteroatoms. The molecule has 2 aromatic carbocycles. The fourth-order valence-corrected chi connectivity index (χ4v) is 2.82. The number of methoxy groups -OCH3 is 2. The topological polar surface area (TPSA) is 60.5 Å². The van der Waals surface area contributed by atoms with Crippen LogP contribution in [0.3, 0.4) is 0 Å². The lowest BCUT2D eigenvalue weighted by Gasteiger charge is -2.13. The quantitative estimate of drug-likeness (QED) is 0.771.